The molecule has 5 nitrogen and oxygen atoms in total. The van der Waals surface area contributed by atoms with Crippen molar-refractivity contribution in [2.75, 3.05) is 6.54 Å². The quantitative estimate of drug-likeness (QED) is 0.868. The van der Waals surface area contributed by atoms with Crippen LogP contribution in [0.3, 0.4) is 0 Å². The zero-order valence-electron chi connectivity index (χ0n) is 16.3. The number of carbonyl (C=O) groups is 1. The molecule has 3 rings (SSSR count). The molecule has 152 valence electrons. The summed E-state index contributed by atoms with van der Waals surface area (Å²) in [6, 6.07) is 5.23. The van der Waals surface area contributed by atoms with E-state index in [-0.39, 0.29) is 24.4 Å². The average Bonchev–Trinajstić information content (AvgIpc) is 2.89. The van der Waals surface area contributed by atoms with Crippen LogP contribution in [0.4, 0.5) is 13.2 Å². The van der Waals surface area contributed by atoms with Crippen molar-refractivity contribution in [3.05, 3.63) is 46.8 Å². The molecule has 1 aliphatic heterocycles. The smallest absolute Gasteiger partial charge is 0.340 e. The molecular formula is C20H25F3N4O. The van der Waals surface area contributed by atoms with E-state index >= 15 is 0 Å². The maximum absolute atomic E-state index is 13.0. The first kappa shape index (κ1) is 20.4. The Bertz CT molecular complexity index is 875. The van der Waals surface area contributed by atoms with Gasteiger partial charge in [-0.25, -0.2) is 4.68 Å². The molecule has 2 aromatic rings. The van der Waals surface area contributed by atoms with Crippen LogP contribution in [-0.4, -0.2) is 39.2 Å². The third-order valence-corrected chi connectivity index (χ3v) is 5.42. The van der Waals surface area contributed by atoms with Crippen LogP contribution in [0.25, 0.3) is 5.69 Å². The van der Waals surface area contributed by atoms with Gasteiger partial charge in [-0.15, -0.1) is 0 Å². The predicted molar refractivity (Wildman–Crippen MR) is 100 cm³/mol. The highest BCUT2D eigenvalue weighted by Gasteiger charge is 2.31. The lowest BCUT2D eigenvalue weighted by atomic mass is 9.98. The molecule has 2 N–H and O–H groups in total. The fourth-order valence-electron chi connectivity index (χ4n) is 3.83. The van der Waals surface area contributed by atoms with Gasteiger partial charge < -0.3 is 10.6 Å². The summed E-state index contributed by atoms with van der Waals surface area (Å²) in [5, 5.41) is 4.39. The Morgan fingerprint density at radius 1 is 1.32 bits per heavy atom. The van der Waals surface area contributed by atoms with Crippen LogP contribution in [0.2, 0.25) is 0 Å². The van der Waals surface area contributed by atoms with E-state index in [2.05, 4.69) is 5.10 Å². The minimum Gasteiger partial charge on any atom is -0.340 e. The van der Waals surface area contributed by atoms with Gasteiger partial charge in [-0.3, -0.25) is 4.79 Å². The lowest BCUT2D eigenvalue weighted by Gasteiger charge is -2.36. The fourth-order valence-corrected chi connectivity index (χ4v) is 3.83. The standard InChI is InChI=1S/C20H25F3N4O/c1-12-9-16(24)7-8-26(12)19(28)11-18-13(2)25-27(14(18)3)17-6-4-5-15(10-17)20(21,22)23/h4-6,10,12,16H,7-9,11,24H2,1-3H3/t12-,16+/m0/s1. The van der Waals surface area contributed by atoms with Crippen molar-refractivity contribution in [3.63, 3.8) is 0 Å². The summed E-state index contributed by atoms with van der Waals surface area (Å²) in [6.45, 7) is 6.16. The number of alkyl halides is 3. The van der Waals surface area contributed by atoms with Crippen molar-refractivity contribution >= 4 is 5.91 Å². The molecule has 1 aromatic carbocycles. The van der Waals surface area contributed by atoms with Gasteiger partial charge in [-0.05, 0) is 51.8 Å². The second-order valence-corrected chi connectivity index (χ2v) is 7.51. The van der Waals surface area contributed by atoms with Gasteiger partial charge in [0, 0.05) is 29.9 Å². The molecule has 28 heavy (non-hydrogen) atoms. The Kier molecular flexibility index (Phi) is 5.52. The Morgan fingerprint density at radius 3 is 2.68 bits per heavy atom. The van der Waals surface area contributed by atoms with Crippen molar-refractivity contribution in [1.82, 2.24) is 14.7 Å². The molecule has 1 aliphatic rings. The molecule has 8 heteroatoms. The third-order valence-electron chi connectivity index (χ3n) is 5.42. The van der Waals surface area contributed by atoms with E-state index < -0.39 is 11.7 Å². The molecule has 0 radical (unpaired) electrons. The van der Waals surface area contributed by atoms with Crippen LogP contribution in [0.1, 0.15) is 42.3 Å². The Balaban J connectivity index is 1.86. The van der Waals surface area contributed by atoms with Crippen LogP contribution < -0.4 is 5.73 Å². The molecule has 2 heterocycles. The van der Waals surface area contributed by atoms with Gasteiger partial charge in [0.1, 0.15) is 0 Å². The third kappa shape index (κ3) is 4.06. The number of benzene rings is 1. The monoisotopic (exact) mass is 394 g/mol. The Morgan fingerprint density at radius 2 is 2.04 bits per heavy atom. The first-order valence-corrected chi connectivity index (χ1v) is 9.35. The first-order chi connectivity index (χ1) is 13.1. The van der Waals surface area contributed by atoms with Crippen LogP contribution in [0.15, 0.2) is 24.3 Å². The number of amides is 1. The minimum atomic E-state index is -4.42. The van der Waals surface area contributed by atoms with Crippen molar-refractivity contribution in [3.8, 4) is 5.69 Å². The van der Waals surface area contributed by atoms with E-state index in [0.29, 0.717) is 23.6 Å². The highest BCUT2D eigenvalue weighted by molar-refractivity contribution is 5.79. The van der Waals surface area contributed by atoms with Gasteiger partial charge in [0.15, 0.2) is 0 Å². The predicted octanol–water partition coefficient (Wildman–Crippen LogP) is 3.39. The lowest BCUT2D eigenvalue weighted by molar-refractivity contribution is -0.137. The van der Waals surface area contributed by atoms with Crippen LogP contribution >= 0.6 is 0 Å². The van der Waals surface area contributed by atoms with E-state index in [0.717, 1.165) is 30.5 Å². The van der Waals surface area contributed by atoms with Gasteiger partial charge in [0.05, 0.1) is 23.4 Å². The number of nitrogens with two attached hydrogens (primary N) is 1. The number of rotatable bonds is 3. The van der Waals surface area contributed by atoms with Gasteiger partial charge in [0.25, 0.3) is 0 Å². The van der Waals surface area contributed by atoms with E-state index in [1.165, 1.54) is 10.7 Å². The number of likely N-dealkylation sites (tertiary alicyclic amines) is 1. The first-order valence-electron chi connectivity index (χ1n) is 9.35. The summed E-state index contributed by atoms with van der Waals surface area (Å²) in [5.41, 5.74) is 7.63. The number of aromatic nitrogens is 2. The van der Waals surface area contributed by atoms with Gasteiger partial charge in [0.2, 0.25) is 5.91 Å². The number of nitrogens with zero attached hydrogens (tertiary/aromatic N) is 3. The molecule has 2 atom stereocenters. The topological polar surface area (TPSA) is 64.2 Å². The molecule has 1 aromatic heterocycles. The second kappa shape index (κ2) is 7.58. The highest BCUT2D eigenvalue weighted by Crippen LogP contribution is 2.31. The van der Waals surface area contributed by atoms with Crippen LogP contribution in [0, 0.1) is 13.8 Å². The molecule has 0 unspecified atom stereocenters. The Labute approximate surface area is 162 Å². The average molecular weight is 394 g/mol. The molecule has 0 saturated carbocycles. The van der Waals surface area contributed by atoms with Crippen molar-refractivity contribution in [2.24, 2.45) is 5.73 Å². The van der Waals surface area contributed by atoms with E-state index in [9.17, 15) is 18.0 Å². The van der Waals surface area contributed by atoms with Crippen LogP contribution in [0.5, 0.6) is 0 Å². The summed E-state index contributed by atoms with van der Waals surface area (Å²) >= 11 is 0. The minimum absolute atomic E-state index is 0.00538. The summed E-state index contributed by atoms with van der Waals surface area (Å²) in [4.78, 5) is 14.7. The summed E-state index contributed by atoms with van der Waals surface area (Å²) < 4.78 is 40.5. The van der Waals surface area contributed by atoms with E-state index in [1.54, 1.807) is 19.9 Å². The molecule has 1 fully saturated rings. The zero-order valence-corrected chi connectivity index (χ0v) is 16.3. The van der Waals surface area contributed by atoms with Gasteiger partial charge in [-0.2, -0.15) is 18.3 Å². The molecular weight excluding hydrogens is 369 g/mol. The number of carbonyl (C=O) groups excluding carboxylic acids is 1. The largest absolute Gasteiger partial charge is 0.416 e. The molecule has 1 saturated heterocycles. The number of halogens is 3. The van der Waals surface area contributed by atoms with E-state index in [1.807, 2.05) is 11.8 Å². The van der Waals surface area contributed by atoms with Crippen molar-refractivity contribution in [2.45, 2.75) is 58.3 Å². The maximum atomic E-state index is 13.0. The van der Waals surface area contributed by atoms with Crippen molar-refractivity contribution < 1.29 is 18.0 Å². The molecule has 1 amide bonds. The summed E-state index contributed by atoms with van der Waals surface area (Å²) in [6.07, 6.45) is -2.70. The normalized spacial score (nSPS) is 20.5. The highest BCUT2D eigenvalue weighted by atomic mass is 19.4. The second-order valence-electron chi connectivity index (χ2n) is 7.51. The van der Waals surface area contributed by atoms with Crippen LogP contribution in [-0.2, 0) is 17.4 Å². The van der Waals surface area contributed by atoms with Crippen molar-refractivity contribution in [1.29, 1.82) is 0 Å². The number of piperidine rings is 1. The van der Waals surface area contributed by atoms with Gasteiger partial charge in [-0.1, -0.05) is 6.07 Å². The summed E-state index contributed by atoms with van der Waals surface area (Å²) in [7, 11) is 0. The molecule has 0 bridgehead atoms. The maximum Gasteiger partial charge on any atom is 0.416 e. The number of aryl methyl sites for hydroxylation is 1. The Hall–Kier alpha value is -2.35. The number of hydrogen-bond acceptors (Lipinski definition) is 3. The zero-order chi connectivity index (χ0) is 20.6. The SMILES string of the molecule is Cc1nn(-c2cccc(C(F)(F)F)c2)c(C)c1CC(=O)N1CC[C@@H](N)C[C@@H]1C. The van der Waals surface area contributed by atoms with Gasteiger partial charge >= 0.3 is 6.18 Å². The molecule has 0 aliphatic carbocycles. The fraction of sp³-hybridized carbons (Fsp3) is 0.500. The number of hydrogen-bond donors (Lipinski definition) is 1. The summed E-state index contributed by atoms with van der Waals surface area (Å²) in [5.74, 6) is -0.00538. The molecule has 0 spiro atoms. The van der Waals surface area contributed by atoms with E-state index in [4.69, 9.17) is 5.73 Å². The lowest BCUT2D eigenvalue weighted by Crippen LogP contribution is -2.48.